The van der Waals surface area contributed by atoms with Gasteiger partial charge in [0.15, 0.2) is 17.2 Å². The van der Waals surface area contributed by atoms with E-state index in [2.05, 4.69) is 25.3 Å². The van der Waals surface area contributed by atoms with Gasteiger partial charge in [0.1, 0.15) is 11.5 Å². The SMILES string of the molecule is N=CC(=CN)C1CN(c2ccnc(-c3cnc4cnc(C(F)(F)F)cn34)n2)CC(=O)N1. The smallest absolute Gasteiger partial charge is 0.404 e. The van der Waals surface area contributed by atoms with Gasteiger partial charge in [-0.3, -0.25) is 9.20 Å². The first kappa shape index (κ1) is 20.3. The number of fused-ring (bicyclic) bond motifs is 1. The minimum atomic E-state index is -4.61. The van der Waals surface area contributed by atoms with Crippen LogP contribution in [-0.2, 0) is 11.0 Å². The van der Waals surface area contributed by atoms with Gasteiger partial charge >= 0.3 is 6.18 Å². The number of carbonyl (C=O) groups is 1. The van der Waals surface area contributed by atoms with Crippen LogP contribution in [0.1, 0.15) is 5.69 Å². The average molecular weight is 431 g/mol. The first-order valence-corrected chi connectivity index (χ1v) is 9.00. The molecule has 1 fully saturated rings. The van der Waals surface area contributed by atoms with E-state index in [-0.39, 0.29) is 29.6 Å². The van der Waals surface area contributed by atoms with E-state index in [0.29, 0.717) is 17.9 Å². The highest BCUT2D eigenvalue weighted by molar-refractivity contribution is 5.86. The summed E-state index contributed by atoms with van der Waals surface area (Å²) in [6.45, 7) is 0.313. The van der Waals surface area contributed by atoms with Gasteiger partial charge in [-0.05, 0) is 6.07 Å². The van der Waals surface area contributed by atoms with Crippen molar-refractivity contribution in [1.82, 2.24) is 29.7 Å². The molecular formula is C18H16F3N9O. The molecule has 10 nitrogen and oxygen atoms in total. The van der Waals surface area contributed by atoms with Gasteiger partial charge in [-0.15, -0.1) is 0 Å². The minimum Gasteiger partial charge on any atom is -0.404 e. The number of nitrogens with zero attached hydrogens (tertiary/aromatic N) is 6. The maximum Gasteiger partial charge on any atom is 0.434 e. The Morgan fingerprint density at radius 3 is 2.81 bits per heavy atom. The Balaban J connectivity index is 1.70. The first-order chi connectivity index (χ1) is 14.8. The van der Waals surface area contributed by atoms with Gasteiger partial charge in [-0.25, -0.2) is 19.9 Å². The number of piperazine rings is 1. The van der Waals surface area contributed by atoms with Crippen LogP contribution in [0.5, 0.6) is 0 Å². The lowest BCUT2D eigenvalue weighted by atomic mass is 10.1. The van der Waals surface area contributed by atoms with Gasteiger partial charge in [0.25, 0.3) is 0 Å². The highest BCUT2D eigenvalue weighted by Gasteiger charge is 2.33. The Kier molecular flexibility index (Phi) is 5.01. The summed E-state index contributed by atoms with van der Waals surface area (Å²) in [4.78, 5) is 29.9. The van der Waals surface area contributed by atoms with Crippen LogP contribution in [0.3, 0.4) is 0 Å². The topological polar surface area (TPSA) is 138 Å². The Hall–Kier alpha value is -4.03. The zero-order valence-corrected chi connectivity index (χ0v) is 15.8. The summed E-state index contributed by atoms with van der Waals surface area (Å²) in [7, 11) is 0. The van der Waals surface area contributed by atoms with Crippen LogP contribution in [0.4, 0.5) is 19.0 Å². The molecule has 3 aromatic rings. The summed E-state index contributed by atoms with van der Waals surface area (Å²) < 4.78 is 40.4. The summed E-state index contributed by atoms with van der Waals surface area (Å²) in [6, 6.07) is 1.08. The van der Waals surface area contributed by atoms with Crippen molar-refractivity contribution in [2.45, 2.75) is 12.2 Å². The number of rotatable bonds is 4. The van der Waals surface area contributed by atoms with Crippen molar-refractivity contribution in [2.24, 2.45) is 5.73 Å². The summed E-state index contributed by atoms with van der Waals surface area (Å²) in [5.41, 5.74) is 5.33. The maximum absolute atomic E-state index is 13.1. The van der Waals surface area contributed by atoms with Crippen LogP contribution in [0.15, 0.2) is 42.6 Å². The first-order valence-electron chi connectivity index (χ1n) is 9.00. The molecule has 1 atom stereocenters. The van der Waals surface area contributed by atoms with Gasteiger partial charge in [-0.2, -0.15) is 13.2 Å². The molecule has 4 heterocycles. The lowest BCUT2D eigenvalue weighted by molar-refractivity contribution is -0.141. The van der Waals surface area contributed by atoms with E-state index < -0.39 is 17.9 Å². The number of hydrogen-bond donors (Lipinski definition) is 3. The van der Waals surface area contributed by atoms with Crippen LogP contribution in [-0.4, -0.2) is 55.6 Å². The molecule has 0 aromatic carbocycles. The number of nitrogens with one attached hydrogen (secondary N) is 2. The van der Waals surface area contributed by atoms with Crippen molar-refractivity contribution in [2.75, 3.05) is 18.0 Å². The number of anilines is 1. The van der Waals surface area contributed by atoms with Crippen LogP contribution in [0.25, 0.3) is 17.2 Å². The molecule has 0 saturated carbocycles. The van der Waals surface area contributed by atoms with E-state index in [0.717, 1.165) is 18.6 Å². The van der Waals surface area contributed by atoms with E-state index in [9.17, 15) is 18.0 Å². The number of carbonyl (C=O) groups excluding carboxylic acids is 1. The zero-order chi connectivity index (χ0) is 22.2. The number of nitrogens with two attached hydrogens (primary N) is 1. The molecule has 1 amide bonds. The number of halogens is 3. The summed E-state index contributed by atoms with van der Waals surface area (Å²) in [5.74, 6) is 0.244. The fourth-order valence-corrected chi connectivity index (χ4v) is 3.22. The van der Waals surface area contributed by atoms with E-state index in [4.69, 9.17) is 11.1 Å². The minimum absolute atomic E-state index is 0.0120. The van der Waals surface area contributed by atoms with Crippen LogP contribution >= 0.6 is 0 Å². The Bertz CT molecular complexity index is 1190. The van der Waals surface area contributed by atoms with Crippen LogP contribution in [0, 0.1) is 5.41 Å². The largest absolute Gasteiger partial charge is 0.434 e. The molecule has 3 aromatic heterocycles. The van der Waals surface area contributed by atoms with E-state index >= 15 is 0 Å². The van der Waals surface area contributed by atoms with Gasteiger partial charge in [-0.1, -0.05) is 0 Å². The standard InChI is InChI=1S/C18H16F3N9O/c19-18(20,21)13-8-30-12(5-26-15(30)6-25-13)17-24-2-1-14(28-17)29-7-11(10(3-22)4-23)27-16(31)9-29/h1-6,8,11,22H,7,9,23H2,(H,27,31). The van der Waals surface area contributed by atoms with Gasteiger partial charge < -0.3 is 21.4 Å². The predicted molar refractivity (Wildman–Crippen MR) is 104 cm³/mol. The van der Waals surface area contributed by atoms with E-state index in [1.165, 1.54) is 23.0 Å². The van der Waals surface area contributed by atoms with Crippen LogP contribution < -0.4 is 16.0 Å². The molecule has 0 radical (unpaired) electrons. The van der Waals surface area contributed by atoms with Crippen molar-refractivity contribution in [3.8, 4) is 11.5 Å². The molecule has 0 spiro atoms. The summed E-state index contributed by atoms with van der Waals surface area (Å²) in [5, 5.41) is 10.2. The highest BCUT2D eigenvalue weighted by atomic mass is 19.4. The second kappa shape index (κ2) is 7.66. The normalized spacial score (nSPS) is 17.6. The number of alkyl halides is 3. The third-order valence-electron chi connectivity index (χ3n) is 4.71. The lowest BCUT2D eigenvalue weighted by Crippen LogP contribution is -2.55. The Morgan fingerprint density at radius 1 is 1.29 bits per heavy atom. The Labute approximate surface area is 173 Å². The number of imidazole rings is 1. The average Bonchev–Trinajstić information content (AvgIpc) is 3.17. The molecule has 1 aliphatic rings. The monoisotopic (exact) mass is 431 g/mol. The van der Waals surface area contributed by atoms with Crippen molar-refractivity contribution < 1.29 is 18.0 Å². The quantitative estimate of drug-likeness (QED) is 0.524. The predicted octanol–water partition coefficient (Wildman–Crippen LogP) is 1.00. The van der Waals surface area contributed by atoms with Crippen molar-refractivity contribution in [3.63, 3.8) is 0 Å². The van der Waals surface area contributed by atoms with Crippen molar-refractivity contribution in [3.05, 3.63) is 48.3 Å². The number of amides is 1. The van der Waals surface area contributed by atoms with Gasteiger partial charge in [0, 0.05) is 36.9 Å². The number of aromatic nitrogens is 5. The second-order valence-electron chi connectivity index (χ2n) is 6.69. The molecule has 1 unspecified atom stereocenters. The molecule has 31 heavy (non-hydrogen) atoms. The maximum atomic E-state index is 13.1. The fourth-order valence-electron chi connectivity index (χ4n) is 3.22. The Morgan fingerprint density at radius 2 is 2.10 bits per heavy atom. The molecule has 0 aliphatic carbocycles. The molecule has 4 rings (SSSR count). The van der Waals surface area contributed by atoms with Gasteiger partial charge in [0.2, 0.25) is 5.91 Å². The van der Waals surface area contributed by atoms with Crippen LogP contribution in [0.2, 0.25) is 0 Å². The molecule has 4 N–H and O–H groups in total. The van der Waals surface area contributed by atoms with E-state index in [1.54, 1.807) is 11.0 Å². The molecule has 0 bridgehead atoms. The third kappa shape index (κ3) is 3.89. The highest BCUT2D eigenvalue weighted by Crippen LogP contribution is 2.29. The molecular weight excluding hydrogens is 415 g/mol. The van der Waals surface area contributed by atoms with Crippen molar-refractivity contribution in [1.29, 1.82) is 5.41 Å². The van der Waals surface area contributed by atoms with E-state index in [1.807, 2.05) is 0 Å². The molecule has 13 heteroatoms. The molecule has 1 saturated heterocycles. The number of hydrogen-bond acceptors (Lipinski definition) is 8. The van der Waals surface area contributed by atoms with Gasteiger partial charge in [0.05, 0.1) is 25.0 Å². The second-order valence-corrected chi connectivity index (χ2v) is 6.69. The summed E-state index contributed by atoms with van der Waals surface area (Å²) in [6.07, 6.45) is 2.35. The zero-order valence-electron chi connectivity index (χ0n) is 15.8. The lowest BCUT2D eigenvalue weighted by Gasteiger charge is -2.34. The summed E-state index contributed by atoms with van der Waals surface area (Å²) >= 11 is 0. The van der Waals surface area contributed by atoms with Crippen molar-refractivity contribution >= 4 is 23.6 Å². The fraction of sp³-hybridized carbons (Fsp3) is 0.222. The molecule has 1 aliphatic heterocycles. The molecule has 160 valence electrons. The third-order valence-corrected chi connectivity index (χ3v) is 4.71.